The summed E-state index contributed by atoms with van der Waals surface area (Å²) >= 11 is 0. The van der Waals surface area contributed by atoms with Crippen LogP contribution in [0.15, 0.2) is 30.3 Å². The van der Waals surface area contributed by atoms with Gasteiger partial charge in [0.2, 0.25) is 5.91 Å². The highest BCUT2D eigenvalue weighted by Crippen LogP contribution is 2.49. The first kappa shape index (κ1) is 16.0. The van der Waals surface area contributed by atoms with Gasteiger partial charge in [0.25, 0.3) is 0 Å². The van der Waals surface area contributed by atoms with Crippen LogP contribution in [0.1, 0.15) is 32.8 Å². The van der Waals surface area contributed by atoms with E-state index in [1.165, 1.54) is 5.56 Å². The number of amides is 1. The van der Waals surface area contributed by atoms with E-state index in [1.54, 1.807) is 0 Å². The van der Waals surface area contributed by atoms with Crippen molar-refractivity contribution in [2.75, 3.05) is 13.2 Å². The number of carbonyl (C=O) groups excluding carboxylic acids is 1. The van der Waals surface area contributed by atoms with Crippen molar-refractivity contribution in [2.24, 2.45) is 11.1 Å². The van der Waals surface area contributed by atoms with Crippen LogP contribution in [0.2, 0.25) is 0 Å². The number of nitrogens with one attached hydrogen (secondary N) is 1. The van der Waals surface area contributed by atoms with Crippen molar-refractivity contribution < 1.29 is 9.53 Å². The van der Waals surface area contributed by atoms with Crippen LogP contribution in [-0.2, 0) is 16.0 Å². The first-order valence-corrected chi connectivity index (χ1v) is 7.64. The lowest BCUT2D eigenvalue weighted by atomic mass is 9.54. The Hall–Kier alpha value is -1.39. The van der Waals surface area contributed by atoms with Gasteiger partial charge in [-0.05, 0) is 18.9 Å². The number of nitrogens with two attached hydrogens (primary N) is 1. The van der Waals surface area contributed by atoms with Crippen molar-refractivity contribution in [1.29, 1.82) is 0 Å². The Morgan fingerprint density at radius 1 is 1.38 bits per heavy atom. The Morgan fingerprint density at radius 3 is 2.62 bits per heavy atom. The van der Waals surface area contributed by atoms with Crippen LogP contribution < -0.4 is 11.1 Å². The molecule has 1 aromatic carbocycles. The summed E-state index contributed by atoms with van der Waals surface area (Å²) in [5, 5.41) is 2.97. The molecule has 2 unspecified atom stereocenters. The maximum Gasteiger partial charge on any atom is 0.240 e. The molecule has 1 fully saturated rings. The molecule has 0 spiro atoms. The van der Waals surface area contributed by atoms with Gasteiger partial charge in [0.1, 0.15) is 5.54 Å². The maximum atomic E-state index is 12.4. The van der Waals surface area contributed by atoms with E-state index in [2.05, 4.69) is 17.4 Å². The molecular formula is C17H26N2O2. The van der Waals surface area contributed by atoms with Crippen molar-refractivity contribution >= 4 is 5.91 Å². The standard InChI is InChI=1S/C17H26N2O2/c1-4-21-14-12-17(18,16(14,2)3)15(20)19-11-10-13-8-6-5-7-9-13/h5-9,14H,4,10-12,18H2,1-3H3,(H,19,20). The molecule has 2 rings (SSSR count). The van der Waals surface area contributed by atoms with Crippen LogP contribution in [0.5, 0.6) is 0 Å². The quantitative estimate of drug-likeness (QED) is 0.841. The van der Waals surface area contributed by atoms with Gasteiger partial charge in [-0.15, -0.1) is 0 Å². The molecule has 2 atom stereocenters. The Balaban J connectivity index is 1.86. The molecule has 1 saturated carbocycles. The zero-order valence-electron chi connectivity index (χ0n) is 13.2. The topological polar surface area (TPSA) is 64.3 Å². The van der Waals surface area contributed by atoms with Gasteiger partial charge in [-0.25, -0.2) is 0 Å². The summed E-state index contributed by atoms with van der Waals surface area (Å²) < 4.78 is 5.65. The van der Waals surface area contributed by atoms with E-state index < -0.39 is 5.54 Å². The molecule has 0 radical (unpaired) electrons. The van der Waals surface area contributed by atoms with Crippen LogP contribution >= 0.6 is 0 Å². The molecule has 4 heteroatoms. The van der Waals surface area contributed by atoms with E-state index in [1.807, 2.05) is 39.0 Å². The SMILES string of the molecule is CCOC1CC(N)(C(=O)NCCc2ccccc2)C1(C)C. The predicted molar refractivity (Wildman–Crippen MR) is 83.9 cm³/mol. The zero-order valence-corrected chi connectivity index (χ0v) is 13.2. The van der Waals surface area contributed by atoms with Crippen LogP contribution in [-0.4, -0.2) is 30.7 Å². The summed E-state index contributed by atoms with van der Waals surface area (Å²) in [6, 6.07) is 10.1. The first-order valence-electron chi connectivity index (χ1n) is 7.64. The molecule has 0 heterocycles. The van der Waals surface area contributed by atoms with E-state index in [0.29, 0.717) is 19.6 Å². The van der Waals surface area contributed by atoms with Gasteiger partial charge in [-0.2, -0.15) is 0 Å². The molecule has 1 aromatic rings. The molecule has 21 heavy (non-hydrogen) atoms. The molecule has 0 bridgehead atoms. The molecule has 0 saturated heterocycles. The van der Waals surface area contributed by atoms with Crippen molar-refractivity contribution in [1.82, 2.24) is 5.32 Å². The van der Waals surface area contributed by atoms with E-state index in [9.17, 15) is 4.79 Å². The number of hydrogen-bond donors (Lipinski definition) is 2. The highest BCUT2D eigenvalue weighted by Gasteiger charge is 2.62. The van der Waals surface area contributed by atoms with Gasteiger partial charge in [0.05, 0.1) is 6.10 Å². The summed E-state index contributed by atoms with van der Waals surface area (Å²) in [7, 11) is 0. The Kier molecular flexibility index (Phi) is 4.69. The average Bonchev–Trinajstić information content (AvgIpc) is 2.47. The second-order valence-corrected chi connectivity index (χ2v) is 6.33. The van der Waals surface area contributed by atoms with E-state index in [0.717, 1.165) is 6.42 Å². The molecular weight excluding hydrogens is 264 g/mol. The fourth-order valence-electron chi connectivity index (χ4n) is 2.94. The first-order chi connectivity index (χ1) is 9.91. The predicted octanol–water partition coefficient (Wildman–Crippen LogP) is 1.88. The van der Waals surface area contributed by atoms with Crippen LogP contribution in [0.3, 0.4) is 0 Å². The second kappa shape index (κ2) is 6.16. The number of benzene rings is 1. The lowest BCUT2D eigenvalue weighted by Crippen LogP contribution is -2.75. The molecule has 1 amide bonds. The Morgan fingerprint density at radius 2 is 2.05 bits per heavy atom. The highest BCUT2D eigenvalue weighted by molar-refractivity contribution is 5.88. The Labute approximate surface area is 127 Å². The third kappa shape index (κ3) is 2.97. The van der Waals surface area contributed by atoms with Gasteiger partial charge < -0.3 is 15.8 Å². The minimum Gasteiger partial charge on any atom is -0.378 e. The highest BCUT2D eigenvalue weighted by atomic mass is 16.5. The molecule has 116 valence electrons. The lowest BCUT2D eigenvalue weighted by molar-refractivity contribution is -0.170. The summed E-state index contributed by atoms with van der Waals surface area (Å²) in [6.07, 6.45) is 1.47. The van der Waals surface area contributed by atoms with Crippen LogP contribution in [0, 0.1) is 5.41 Å². The number of hydrogen-bond acceptors (Lipinski definition) is 3. The fourth-order valence-corrected chi connectivity index (χ4v) is 2.94. The third-order valence-electron chi connectivity index (χ3n) is 4.78. The van der Waals surface area contributed by atoms with E-state index in [-0.39, 0.29) is 17.4 Å². The van der Waals surface area contributed by atoms with Gasteiger partial charge in [-0.3, -0.25) is 4.79 Å². The Bertz CT molecular complexity index is 487. The molecule has 4 nitrogen and oxygen atoms in total. The van der Waals surface area contributed by atoms with Gasteiger partial charge in [-0.1, -0.05) is 44.2 Å². The number of ether oxygens (including phenoxy) is 1. The van der Waals surface area contributed by atoms with Crippen molar-refractivity contribution in [3.63, 3.8) is 0 Å². The van der Waals surface area contributed by atoms with Crippen molar-refractivity contribution in [3.05, 3.63) is 35.9 Å². The molecule has 0 aliphatic heterocycles. The maximum absolute atomic E-state index is 12.4. The van der Waals surface area contributed by atoms with Crippen molar-refractivity contribution in [3.8, 4) is 0 Å². The molecule has 0 aromatic heterocycles. The zero-order chi connectivity index (χ0) is 15.5. The van der Waals surface area contributed by atoms with E-state index >= 15 is 0 Å². The summed E-state index contributed by atoms with van der Waals surface area (Å²) in [5.74, 6) is -0.0700. The normalized spacial score (nSPS) is 27.0. The second-order valence-electron chi connectivity index (χ2n) is 6.33. The minimum absolute atomic E-state index is 0.0624. The fraction of sp³-hybridized carbons (Fsp3) is 0.588. The van der Waals surface area contributed by atoms with Gasteiger partial charge >= 0.3 is 0 Å². The van der Waals surface area contributed by atoms with Gasteiger partial charge in [0.15, 0.2) is 0 Å². The lowest BCUT2D eigenvalue weighted by Gasteiger charge is -2.57. The minimum atomic E-state index is -0.830. The van der Waals surface area contributed by atoms with Crippen LogP contribution in [0.4, 0.5) is 0 Å². The van der Waals surface area contributed by atoms with Crippen LogP contribution in [0.25, 0.3) is 0 Å². The van der Waals surface area contributed by atoms with Gasteiger partial charge in [0, 0.05) is 25.0 Å². The monoisotopic (exact) mass is 290 g/mol. The largest absolute Gasteiger partial charge is 0.378 e. The molecule has 1 aliphatic carbocycles. The molecule has 3 N–H and O–H groups in total. The van der Waals surface area contributed by atoms with E-state index in [4.69, 9.17) is 10.5 Å². The summed E-state index contributed by atoms with van der Waals surface area (Å²) in [5.41, 5.74) is 6.38. The molecule has 1 aliphatic rings. The smallest absolute Gasteiger partial charge is 0.240 e. The summed E-state index contributed by atoms with van der Waals surface area (Å²) in [6.45, 7) is 7.24. The van der Waals surface area contributed by atoms with Crippen molar-refractivity contribution in [2.45, 2.75) is 45.3 Å². The summed E-state index contributed by atoms with van der Waals surface area (Å²) in [4.78, 5) is 12.4. The average molecular weight is 290 g/mol. The number of carbonyl (C=O) groups is 1. The third-order valence-corrected chi connectivity index (χ3v) is 4.78. The number of rotatable bonds is 6.